The molecule has 0 spiro atoms. The summed E-state index contributed by atoms with van der Waals surface area (Å²) >= 11 is 5.86. The number of nitrogens with one attached hydrogen (secondary N) is 1. The fraction of sp³-hybridized carbons (Fsp3) is 0.286. The molecule has 2 aliphatic rings. The summed E-state index contributed by atoms with van der Waals surface area (Å²) in [5, 5.41) is 3.31. The van der Waals surface area contributed by atoms with Crippen LogP contribution in [-0.2, 0) is 9.59 Å². The van der Waals surface area contributed by atoms with Crippen molar-refractivity contribution in [1.82, 2.24) is 4.90 Å². The van der Waals surface area contributed by atoms with E-state index >= 15 is 0 Å². The quantitative estimate of drug-likeness (QED) is 0.835. The smallest absolute Gasteiger partial charge is 0.265 e. The number of rotatable bonds is 4. The highest BCUT2D eigenvalue weighted by atomic mass is 35.5. The summed E-state index contributed by atoms with van der Waals surface area (Å²) in [6.07, 6.45) is 1.99. The molecule has 2 aliphatic heterocycles. The average Bonchev–Trinajstić information content (AvgIpc) is 3.26. The average molecular weight is 414 g/mol. The lowest BCUT2D eigenvalue weighted by Crippen LogP contribution is -2.43. The van der Waals surface area contributed by atoms with Crippen LogP contribution in [0.2, 0.25) is 5.02 Å². The maximum Gasteiger partial charge on any atom is 0.265 e. The summed E-state index contributed by atoms with van der Waals surface area (Å²) in [4.78, 5) is 40.8. The first-order valence-electron chi connectivity index (χ1n) is 9.43. The number of anilines is 2. The van der Waals surface area contributed by atoms with Crippen LogP contribution in [0.4, 0.5) is 11.4 Å². The van der Waals surface area contributed by atoms with Gasteiger partial charge in [0.25, 0.3) is 11.8 Å². The number of halogens is 1. The van der Waals surface area contributed by atoms with Crippen LogP contribution in [0.5, 0.6) is 5.75 Å². The van der Waals surface area contributed by atoms with Crippen LogP contribution in [0.3, 0.4) is 0 Å². The van der Waals surface area contributed by atoms with Gasteiger partial charge in [-0.05, 0) is 55.3 Å². The Morgan fingerprint density at radius 1 is 1.07 bits per heavy atom. The Balaban J connectivity index is 1.54. The Morgan fingerprint density at radius 3 is 2.52 bits per heavy atom. The van der Waals surface area contributed by atoms with Crippen LogP contribution < -0.4 is 15.0 Å². The van der Waals surface area contributed by atoms with E-state index in [1.54, 1.807) is 47.4 Å². The molecule has 0 aromatic heterocycles. The molecule has 29 heavy (non-hydrogen) atoms. The van der Waals surface area contributed by atoms with Crippen molar-refractivity contribution in [1.29, 1.82) is 0 Å². The van der Waals surface area contributed by atoms with Crippen molar-refractivity contribution < 1.29 is 19.1 Å². The molecule has 0 aliphatic carbocycles. The molecule has 4 rings (SSSR count). The van der Waals surface area contributed by atoms with Crippen molar-refractivity contribution in [2.45, 2.75) is 12.8 Å². The van der Waals surface area contributed by atoms with Crippen molar-refractivity contribution in [2.75, 3.05) is 36.5 Å². The molecule has 8 heteroatoms. The SMILES string of the molecule is O=C(CN1C(=O)COc2ccc(C(=O)N3CCCC3)cc21)Nc1ccc(Cl)cc1. The Kier molecular flexibility index (Phi) is 5.40. The molecule has 1 saturated heterocycles. The highest BCUT2D eigenvalue weighted by Crippen LogP contribution is 2.33. The van der Waals surface area contributed by atoms with Crippen LogP contribution in [0.25, 0.3) is 0 Å². The molecule has 0 unspecified atom stereocenters. The second kappa shape index (κ2) is 8.13. The van der Waals surface area contributed by atoms with Crippen molar-refractivity contribution >= 4 is 40.7 Å². The summed E-state index contributed by atoms with van der Waals surface area (Å²) in [5.74, 6) is -0.296. The van der Waals surface area contributed by atoms with Crippen LogP contribution in [0, 0.1) is 0 Å². The Labute approximate surface area is 173 Å². The highest BCUT2D eigenvalue weighted by molar-refractivity contribution is 6.30. The lowest BCUT2D eigenvalue weighted by atomic mass is 10.1. The predicted molar refractivity (Wildman–Crippen MR) is 110 cm³/mol. The summed E-state index contributed by atoms with van der Waals surface area (Å²) in [6, 6.07) is 11.7. The first kappa shape index (κ1) is 19.3. The molecule has 2 aromatic carbocycles. The zero-order chi connectivity index (χ0) is 20.4. The van der Waals surface area contributed by atoms with E-state index in [0.29, 0.717) is 27.7 Å². The number of nitrogens with zero attached hydrogens (tertiary/aromatic N) is 2. The van der Waals surface area contributed by atoms with Crippen LogP contribution in [-0.4, -0.2) is 48.9 Å². The topological polar surface area (TPSA) is 79.0 Å². The number of benzene rings is 2. The number of carbonyl (C=O) groups is 3. The minimum atomic E-state index is -0.357. The maximum absolute atomic E-state index is 12.7. The minimum absolute atomic E-state index is 0.0751. The number of ether oxygens (including phenoxy) is 1. The van der Waals surface area contributed by atoms with Crippen molar-refractivity contribution in [2.24, 2.45) is 0 Å². The van der Waals surface area contributed by atoms with E-state index in [4.69, 9.17) is 16.3 Å². The zero-order valence-electron chi connectivity index (χ0n) is 15.7. The Hall–Kier alpha value is -3.06. The first-order chi connectivity index (χ1) is 14.0. The fourth-order valence-corrected chi connectivity index (χ4v) is 3.61. The van der Waals surface area contributed by atoms with Crippen molar-refractivity contribution in [3.05, 3.63) is 53.1 Å². The standard InChI is InChI=1S/C21H20ClN3O4/c22-15-4-6-16(7-5-15)23-19(26)12-25-17-11-14(21(28)24-9-1-2-10-24)3-8-18(17)29-13-20(25)27/h3-8,11H,1-2,9-10,12-13H2,(H,23,26). The number of hydrogen-bond acceptors (Lipinski definition) is 4. The molecule has 1 N–H and O–H groups in total. The third-order valence-corrected chi connectivity index (χ3v) is 5.22. The van der Waals surface area contributed by atoms with Crippen LogP contribution in [0.15, 0.2) is 42.5 Å². The van der Waals surface area contributed by atoms with Gasteiger partial charge in [-0.15, -0.1) is 0 Å². The first-order valence-corrected chi connectivity index (χ1v) is 9.81. The van der Waals surface area contributed by atoms with E-state index < -0.39 is 0 Å². The summed E-state index contributed by atoms with van der Waals surface area (Å²) < 4.78 is 5.48. The van der Waals surface area contributed by atoms with Gasteiger partial charge < -0.3 is 15.0 Å². The molecular formula is C21H20ClN3O4. The summed E-state index contributed by atoms with van der Waals surface area (Å²) in [6.45, 7) is 1.14. The Bertz CT molecular complexity index is 955. The lowest BCUT2D eigenvalue weighted by molar-refractivity contribution is -0.123. The number of carbonyl (C=O) groups excluding carboxylic acids is 3. The molecule has 2 aromatic rings. The van der Waals surface area contributed by atoms with Gasteiger partial charge in [-0.3, -0.25) is 19.3 Å². The summed E-state index contributed by atoms with van der Waals surface area (Å²) in [7, 11) is 0. The fourth-order valence-electron chi connectivity index (χ4n) is 3.49. The molecular weight excluding hydrogens is 394 g/mol. The number of hydrogen-bond donors (Lipinski definition) is 1. The van der Waals surface area contributed by atoms with Gasteiger partial charge in [-0.2, -0.15) is 0 Å². The van der Waals surface area contributed by atoms with Gasteiger partial charge in [-0.1, -0.05) is 11.6 Å². The monoisotopic (exact) mass is 413 g/mol. The van der Waals surface area contributed by atoms with Gasteiger partial charge in [-0.25, -0.2) is 0 Å². The molecule has 0 bridgehead atoms. The zero-order valence-corrected chi connectivity index (χ0v) is 16.4. The molecule has 0 saturated carbocycles. The van der Waals surface area contributed by atoms with Gasteiger partial charge in [0.1, 0.15) is 12.3 Å². The van der Waals surface area contributed by atoms with Gasteiger partial charge in [0.15, 0.2) is 6.61 Å². The van der Waals surface area contributed by atoms with Gasteiger partial charge >= 0.3 is 0 Å². The number of fused-ring (bicyclic) bond motifs is 1. The van der Waals surface area contributed by atoms with E-state index in [1.807, 2.05) is 0 Å². The van der Waals surface area contributed by atoms with Gasteiger partial charge in [0, 0.05) is 29.4 Å². The Morgan fingerprint density at radius 2 is 1.79 bits per heavy atom. The lowest BCUT2D eigenvalue weighted by Gasteiger charge is -2.29. The molecule has 3 amide bonds. The van der Waals surface area contributed by atoms with Crippen LogP contribution >= 0.6 is 11.6 Å². The molecule has 1 fully saturated rings. The van der Waals surface area contributed by atoms with Gasteiger partial charge in [0.2, 0.25) is 5.91 Å². The van der Waals surface area contributed by atoms with Crippen molar-refractivity contribution in [3.8, 4) is 5.75 Å². The van der Waals surface area contributed by atoms with Crippen LogP contribution in [0.1, 0.15) is 23.2 Å². The third kappa shape index (κ3) is 4.19. The largest absolute Gasteiger partial charge is 0.482 e. The molecule has 150 valence electrons. The van der Waals surface area contributed by atoms with E-state index in [9.17, 15) is 14.4 Å². The second-order valence-corrected chi connectivity index (χ2v) is 7.44. The second-order valence-electron chi connectivity index (χ2n) is 7.01. The minimum Gasteiger partial charge on any atom is -0.482 e. The molecule has 0 radical (unpaired) electrons. The number of likely N-dealkylation sites (tertiary alicyclic amines) is 1. The highest BCUT2D eigenvalue weighted by Gasteiger charge is 2.29. The maximum atomic E-state index is 12.7. The number of amides is 3. The summed E-state index contributed by atoms with van der Waals surface area (Å²) in [5.41, 5.74) is 1.49. The van der Waals surface area contributed by atoms with E-state index in [1.165, 1.54) is 4.90 Å². The molecule has 0 atom stereocenters. The van der Waals surface area contributed by atoms with E-state index in [2.05, 4.69) is 5.32 Å². The normalized spacial score (nSPS) is 15.7. The molecule has 2 heterocycles. The van der Waals surface area contributed by atoms with E-state index in [-0.39, 0.29) is 30.9 Å². The van der Waals surface area contributed by atoms with Crippen molar-refractivity contribution in [3.63, 3.8) is 0 Å². The van der Waals surface area contributed by atoms with E-state index in [0.717, 1.165) is 25.9 Å². The molecule has 7 nitrogen and oxygen atoms in total. The predicted octanol–water partition coefficient (Wildman–Crippen LogP) is 2.94. The van der Waals surface area contributed by atoms with Gasteiger partial charge in [0.05, 0.1) is 5.69 Å². The third-order valence-electron chi connectivity index (χ3n) is 4.97.